The zero-order chi connectivity index (χ0) is 14.4. The van der Waals surface area contributed by atoms with Crippen molar-refractivity contribution in [3.8, 4) is 5.75 Å². The number of nitrogens with one attached hydrogen (secondary N) is 2. The molecule has 1 unspecified atom stereocenters. The highest BCUT2D eigenvalue weighted by molar-refractivity contribution is 5.93. The van der Waals surface area contributed by atoms with Gasteiger partial charge in [-0.05, 0) is 50.6 Å². The van der Waals surface area contributed by atoms with Crippen molar-refractivity contribution in [3.63, 3.8) is 0 Å². The van der Waals surface area contributed by atoms with E-state index in [0.29, 0.717) is 6.54 Å². The zero-order valence-corrected chi connectivity index (χ0v) is 12.5. The topological polar surface area (TPSA) is 50.4 Å². The molecule has 4 nitrogen and oxygen atoms in total. The quantitative estimate of drug-likeness (QED) is 0.830. The Morgan fingerprint density at radius 1 is 1.32 bits per heavy atom. The number of amides is 1. The molecule has 4 heteroatoms. The summed E-state index contributed by atoms with van der Waals surface area (Å²) in [4.78, 5) is 12.2. The maximum Gasteiger partial charge on any atom is 0.228 e. The van der Waals surface area contributed by atoms with Gasteiger partial charge in [0.2, 0.25) is 5.91 Å². The molecule has 106 valence electrons. The van der Waals surface area contributed by atoms with E-state index in [4.69, 9.17) is 4.74 Å². The number of carbonyl (C=O) groups excluding carboxylic acids is 1. The molecule has 0 saturated carbocycles. The Morgan fingerprint density at radius 2 is 2.00 bits per heavy atom. The Balaban J connectivity index is 2.87. The maximum atomic E-state index is 12.2. The van der Waals surface area contributed by atoms with Gasteiger partial charge in [-0.1, -0.05) is 6.92 Å². The second-order valence-electron chi connectivity index (χ2n) is 4.79. The van der Waals surface area contributed by atoms with E-state index in [1.807, 2.05) is 40.0 Å². The van der Waals surface area contributed by atoms with Crippen molar-refractivity contribution in [2.75, 3.05) is 26.0 Å². The van der Waals surface area contributed by atoms with Crippen LogP contribution in [-0.2, 0) is 4.79 Å². The highest BCUT2D eigenvalue weighted by Gasteiger charge is 2.16. The number of hydrogen-bond acceptors (Lipinski definition) is 3. The van der Waals surface area contributed by atoms with Crippen LogP contribution in [0.5, 0.6) is 5.75 Å². The lowest BCUT2D eigenvalue weighted by Gasteiger charge is -2.17. The molecule has 1 aromatic rings. The molecule has 0 aliphatic rings. The average Bonchev–Trinajstić information content (AvgIpc) is 2.39. The van der Waals surface area contributed by atoms with Gasteiger partial charge in [-0.2, -0.15) is 0 Å². The van der Waals surface area contributed by atoms with E-state index in [-0.39, 0.29) is 11.8 Å². The number of aryl methyl sites for hydroxylation is 2. The van der Waals surface area contributed by atoms with E-state index in [0.717, 1.165) is 29.0 Å². The van der Waals surface area contributed by atoms with Gasteiger partial charge in [-0.25, -0.2) is 0 Å². The SMILES string of the molecule is CCC(CNC)C(=O)Nc1cc(C)c(OC)cc1C. The van der Waals surface area contributed by atoms with Gasteiger partial charge in [0.1, 0.15) is 5.75 Å². The molecule has 1 atom stereocenters. The second-order valence-corrected chi connectivity index (χ2v) is 4.79. The minimum absolute atomic E-state index is 0.00759. The van der Waals surface area contributed by atoms with Crippen molar-refractivity contribution in [2.24, 2.45) is 5.92 Å². The lowest BCUT2D eigenvalue weighted by atomic mass is 10.0. The van der Waals surface area contributed by atoms with Crippen LogP contribution in [0, 0.1) is 19.8 Å². The van der Waals surface area contributed by atoms with Crippen molar-refractivity contribution in [3.05, 3.63) is 23.3 Å². The Labute approximate surface area is 115 Å². The molecule has 0 radical (unpaired) electrons. The van der Waals surface area contributed by atoms with Gasteiger partial charge in [-0.3, -0.25) is 4.79 Å². The van der Waals surface area contributed by atoms with Crippen molar-refractivity contribution < 1.29 is 9.53 Å². The number of hydrogen-bond donors (Lipinski definition) is 2. The Kier molecular flexibility index (Phi) is 5.83. The van der Waals surface area contributed by atoms with E-state index in [1.165, 1.54) is 0 Å². The molecule has 0 fully saturated rings. The Bertz CT molecular complexity index is 444. The summed E-state index contributed by atoms with van der Waals surface area (Å²) in [6, 6.07) is 3.90. The van der Waals surface area contributed by atoms with E-state index >= 15 is 0 Å². The van der Waals surface area contributed by atoms with Crippen LogP contribution < -0.4 is 15.4 Å². The first-order chi connectivity index (χ1) is 9.03. The van der Waals surface area contributed by atoms with Gasteiger partial charge in [0.15, 0.2) is 0 Å². The predicted octanol–water partition coefficient (Wildman–Crippen LogP) is 2.50. The van der Waals surface area contributed by atoms with Crippen LogP contribution in [0.25, 0.3) is 0 Å². The molecule has 1 rings (SSSR count). The van der Waals surface area contributed by atoms with Gasteiger partial charge in [0, 0.05) is 12.2 Å². The monoisotopic (exact) mass is 264 g/mol. The molecule has 0 spiro atoms. The molecule has 0 saturated heterocycles. The van der Waals surface area contributed by atoms with E-state index in [1.54, 1.807) is 7.11 Å². The number of benzene rings is 1. The summed E-state index contributed by atoms with van der Waals surface area (Å²) in [5.74, 6) is 0.897. The number of rotatable bonds is 6. The van der Waals surface area contributed by atoms with Crippen LogP contribution in [-0.4, -0.2) is 26.6 Å². The molecule has 0 aromatic heterocycles. The van der Waals surface area contributed by atoms with E-state index < -0.39 is 0 Å². The lowest BCUT2D eigenvalue weighted by molar-refractivity contribution is -0.119. The normalized spacial score (nSPS) is 12.1. The van der Waals surface area contributed by atoms with E-state index in [9.17, 15) is 4.79 Å². The van der Waals surface area contributed by atoms with Gasteiger partial charge in [-0.15, -0.1) is 0 Å². The molecular weight excluding hydrogens is 240 g/mol. The second kappa shape index (κ2) is 7.14. The third-order valence-electron chi connectivity index (χ3n) is 3.31. The summed E-state index contributed by atoms with van der Waals surface area (Å²) < 4.78 is 5.27. The standard InChI is InChI=1S/C15H24N2O2/c1-6-12(9-16-4)15(18)17-13-7-11(3)14(19-5)8-10(13)2/h7-8,12,16H,6,9H2,1-5H3,(H,17,18). The smallest absolute Gasteiger partial charge is 0.228 e. The number of carbonyl (C=O) groups is 1. The summed E-state index contributed by atoms with van der Waals surface area (Å²) in [6.07, 6.45) is 0.820. The van der Waals surface area contributed by atoms with Gasteiger partial charge < -0.3 is 15.4 Å². The molecule has 2 N–H and O–H groups in total. The van der Waals surface area contributed by atoms with Crippen molar-refractivity contribution in [2.45, 2.75) is 27.2 Å². The van der Waals surface area contributed by atoms with Crippen molar-refractivity contribution in [1.82, 2.24) is 5.32 Å². The molecule has 0 heterocycles. The zero-order valence-electron chi connectivity index (χ0n) is 12.5. The minimum Gasteiger partial charge on any atom is -0.496 e. The summed E-state index contributed by atoms with van der Waals surface area (Å²) in [7, 11) is 3.51. The fraction of sp³-hybridized carbons (Fsp3) is 0.533. The lowest BCUT2D eigenvalue weighted by Crippen LogP contribution is -2.30. The first-order valence-electron chi connectivity index (χ1n) is 6.64. The number of anilines is 1. The number of methoxy groups -OCH3 is 1. The van der Waals surface area contributed by atoms with E-state index in [2.05, 4.69) is 10.6 Å². The molecule has 19 heavy (non-hydrogen) atoms. The van der Waals surface area contributed by atoms with Crippen LogP contribution in [0.2, 0.25) is 0 Å². The predicted molar refractivity (Wildman–Crippen MR) is 78.8 cm³/mol. The van der Waals surface area contributed by atoms with Crippen molar-refractivity contribution in [1.29, 1.82) is 0 Å². The first kappa shape index (κ1) is 15.5. The third kappa shape index (κ3) is 3.96. The first-order valence-corrected chi connectivity index (χ1v) is 6.64. The fourth-order valence-corrected chi connectivity index (χ4v) is 2.05. The van der Waals surface area contributed by atoms with Crippen LogP contribution in [0.15, 0.2) is 12.1 Å². The summed E-state index contributed by atoms with van der Waals surface area (Å²) >= 11 is 0. The summed E-state index contributed by atoms with van der Waals surface area (Å²) in [5, 5.41) is 6.05. The van der Waals surface area contributed by atoms with Crippen molar-refractivity contribution >= 4 is 11.6 Å². The maximum absolute atomic E-state index is 12.2. The molecule has 0 aliphatic carbocycles. The molecule has 0 bridgehead atoms. The van der Waals surface area contributed by atoms with Gasteiger partial charge in [0.05, 0.1) is 13.0 Å². The van der Waals surface area contributed by atoms with Gasteiger partial charge in [0.25, 0.3) is 0 Å². The van der Waals surface area contributed by atoms with Crippen LogP contribution in [0.3, 0.4) is 0 Å². The molecule has 1 aromatic carbocycles. The highest BCUT2D eigenvalue weighted by atomic mass is 16.5. The number of ether oxygens (including phenoxy) is 1. The molecule has 1 amide bonds. The largest absolute Gasteiger partial charge is 0.496 e. The Morgan fingerprint density at radius 3 is 2.53 bits per heavy atom. The fourth-order valence-electron chi connectivity index (χ4n) is 2.05. The molecule has 0 aliphatic heterocycles. The summed E-state index contributed by atoms with van der Waals surface area (Å²) in [5.41, 5.74) is 2.89. The van der Waals surface area contributed by atoms with Crippen LogP contribution in [0.1, 0.15) is 24.5 Å². The summed E-state index contributed by atoms with van der Waals surface area (Å²) in [6.45, 7) is 6.65. The van der Waals surface area contributed by atoms with Crippen LogP contribution >= 0.6 is 0 Å². The Hall–Kier alpha value is -1.55. The average molecular weight is 264 g/mol. The van der Waals surface area contributed by atoms with Crippen LogP contribution in [0.4, 0.5) is 5.69 Å². The minimum atomic E-state index is -0.00759. The molecular formula is C15H24N2O2. The highest BCUT2D eigenvalue weighted by Crippen LogP contribution is 2.26. The third-order valence-corrected chi connectivity index (χ3v) is 3.31. The van der Waals surface area contributed by atoms with Gasteiger partial charge >= 0.3 is 0 Å².